The molecule has 17 heavy (non-hydrogen) atoms. The second-order valence-electron chi connectivity index (χ2n) is 4.79. The number of hydrogen-bond donors (Lipinski definition) is 1. The lowest BCUT2D eigenvalue weighted by Crippen LogP contribution is -2.44. The third kappa shape index (κ3) is 4.28. The van der Waals surface area contributed by atoms with Crippen molar-refractivity contribution in [2.45, 2.75) is 45.4 Å². The van der Waals surface area contributed by atoms with Crippen LogP contribution < -0.4 is 5.73 Å². The van der Waals surface area contributed by atoms with Crippen LogP contribution in [0, 0.1) is 5.41 Å². The molecule has 1 rings (SSSR count). The Morgan fingerprint density at radius 3 is 2.59 bits per heavy atom. The Labute approximate surface area is 104 Å². The third-order valence-corrected chi connectivity index (χ3v) is 3.50. The van der Waals surface area contributed by atoms with Crippen LogP contribution in [0.3, 0.4) is 0 Å². The topological polar surface area (TPSA) is 61.5 Å². The first-order valence-corrected chi connectivity index (χ1v) is 6.70. The highest BCUT2D eigenvalue weighted by molar-refractivity contribution is 5.77. The van der Waals surface area contributed by atoms with E-state index >= 15 is 0 Å². The van der Waals surface area contributed by atoms with Gasteiger partial charge in [-0.15, -0.1) is 0 Å². The largest absolute Gasteiger partial charge is 0.465 e. The van der Waals surface area contributed by atoms with Gasteiger partial charge >= 0.3 is 5.97 Å². The van der Waals surface area contributed by atoms with Crippen molar-refractivity contribution in [3.63, 3.8) is 0 Å². The van der Waals surface area contributed by atoms with Crippen LogP contribution in [0.15, 0.2) is 0 Å². The van der Waals surface area contributed by atoms with E-state index in [4.69, 9.17) is 15.2 Å². The van der Waals surface area contributed by atoms with Crippen molar-refractivity contribution in [2.24, 2.45) is 11.1 Å². The minimum absolute atomic E-state index is 0.125. The lowest BCUT2D eigenvalue weighted by molar-refractivity contribution is -0.161. The first kappa shape index (κ1) is 14.5. The van der Waals surface area contributed by atoms with E-state index in [1.165, 1.54) is 12.8 Å². The molecule has 0 amide bonds. The highest BCUT2D eigenvalue weighted by Gasteiger charge is 2.40. The van der Waals surface area contributed by atoms with Crippen molar-refractivity contribution in [1.82, 2.24) is 0 Å². The van der Waals surface area contributed by atoms with Crippen LogP contribution in [-0.2, 0) is 14.3 Å². The van der Waals surface area contributed by atoms with Crippen molar-refractivity contribution >= 4 is 5.97 Å². The summed E-state index contributed by atoms with van der Waals surface area (Å²) in [5.74, 6) is -0.125. The fourth-order valence-electron chi connectivity index (χ4n) is 2.10. The molecule has 0 aromatic rings. The number of carbonyl (C=O) groups is 1. The summed E-state index contributed by atoms with van der Waals surface area (Å²) in [6.45, 7) is 4.29. The molecule has 0 unspecified atom stereocenters. The van der Waals surface area contributed by atoms with Crippen LogP contribution in [0.1, 0.15) is 45.4 Å². The zero-order valence-electron chi connectivity index (χ0n) is 10.9. The fourth-order valence-corrected chi connectivity index (χ4v) is 2.10. The second kappa shape index (κ2) is 7.67. The Balaban J connectivity index is 2.28. The van der Waals surface area contributed by atoms with Gasteiger partial charge in [-0.1, -0.05) is 26.2 Å². The van der Waals surface area contributed by atoms with E-state index in [9.17, 15) is 4.79 Å². The van der Waals surface area contributed by atoms with Gasteiger partial charge in [0.2, 0.25) is 0 Å². The summed E-state index contributed by atoms with van der Waals surface area (Å²) in [6.07, 6.45) is 5.86. The molecular weight excluding hydrogens is 218 g/mol. The minimum Gasteiger partial charge on any atom is -0.465 e. The normalized spacial score (nSPS) is 18.9. The molecule has 0 atom stereocenters. The van der Waals surface area contributed by atoms with E-state index in [1.807, 2.05) is 0 Å². The van der Waals surface area contributed by atoms with E-state index in [-0.39, 0.29) is 5.97 Å². The first-order chi connectivity index (χ1) is 8.25. The van der Waals surface area contributed by atoms with Crippen LogP contribution in [0.4, 0.5) is 0 Å². The molecule has 4 heteroatoms. The van der Waals surface area contributed by atoms with Crippen LogP contribution >= 0.6 is 0 Å². The van der Waals surface area contributed by atoms with Crippen LogP contribution in [-0.4, -0.2) is 32.3 Å². The van der Waals surface area contributed by atoms with Crippen molar-refractivity contribution in [1.29, 1.82) is 0 Å². The third-order valence-electron chi connectivity index (χ3n) is 3.50. The van der Waals surface area contributed by atoms with E-state index in [1.54, 1.807) is 0 Å². The highest BCUT2D eigenvalue weighted by atomic mass is 16.5. The fraction of sp³-hybridized carbons (Fsp3) is 0.923. The second-order valence-corrected chi connectivity index (χ2v) is 4.79. The molecule has 0 spiro atoms. The van der Waals surface area contributed by atoms with Gasteiger partial charge in [-0.25, -0.2) is 0 Å². The van der Waals surface area contributed by atoms with Gasteiger partial charge < -0.3 is 15.2 Å². The Kier molecular flexibility index (Phi) is 6.52. The molecule has 1 fully saturated rings. The van der Waals surface area contributed by atoms with E-state index in [0.717, 1.165) is 12.8 Å². The number of hydrogen-bond acceptors (Lipinski definition) is 4. The standard InChI is InChI=1S/C13H25NO3/c1-2-3-4-5-8-17-12(15)13(11-14)6-9-16-10-7-13/h2-11,14H2,1H3. The van der Waals surface area contributed by atoms with Gasteiger partial charge in [0, 0.05) is 19.8 Å². The molecule has 0 aromatic heterocycles. The average Bonchev–Trinajstić information content (AvgIpc) is 2.39. The molecule has 0 aromatic carbocycles. The zero-order valence-corrected chi connectivity index (χ0v) is 10.9. The predicted molar refractivity (Wildman–Crippen MR) is 66.6 cm³/mol. The van der Waals surface area contributed by atoms with Gasteiger partial charge in [0.05, 0.1) is 12.0 Å². The maximum Gasteiger partial charge on any atom is 0.313 e. The lowest BCUT2D eigenvalue weighted by Gasteiger charge is -2.33. The Morgan fingerprint density at radius 2 is 2.00 bits per heavy atom. The van der Waals surface area contributed by atoms with Crippen LogP contribution in [0.25, 0.3) is 0 Å². The molecular formula is C13H25NO3. The summed E-state index contributed by atoms with van der Waals surface area (Å²) < 4.78 is 10.6. The SMILES string of the molecule is CCCCCCOC(=O)C1(CN)CCOCC1. The maximum atomic E-state index is 12.0. The molecule has 0 radical (unpaired) electrons. The van der Waals surface area contributed by atoms with Crippen molar-refractivity contribution in [3.05, 3.63) is 0 Å². The maximum absolute atomic E-state index is 12.0. The monoisotopic (exact) mass is 243 g/mol. The van der Waals surface area contributed by atoms with Gasteiger partial charge in [-0.3, -0.25) is 4.79 Å². The number of esters is 1. The Morgan fingerprint density at radius 1 is 1.29 bits per heavy atom. The van der Waals surface area contributed by atoms with Crippen LogP contribution in [0.5, 0.6) is 0 Å². The first-order valence-electron chi connectivity index (χ1n) is 6.70. The van der Waals surface area contributed by atoms with Crippen molar-refractivity contribution in [3.8, 4) is 0 Å². The minimum atomic E-state index is -0.483. The number of nitrogens with two attached hydrogens (primary N) is 1. The van der Waals surface area contributed by atoms with E-state index in [2.05, 4.69) is 6.92 Å². The number of carbonyl (C=O) groups excluding carboxylic acids is 1. The zero-order chi connectivity index (χ0) is 12.6. The van der Waals surface area contributed by atoms with E-state index in [0.29, 0.717) is 39.2 Å². The molecule has 2 N–H and O–H groups in total. The van der Waals surface area contributed by atoms with Gasteiger partial charge in [-0.2, -0.15) is 0 Å². The summed E-state index contributed by atoms with van der Waals surface area (Å²) in [6, 6.07) is 0. The molecule has 1 heterocycles. The Hall–Kier alpha value is -0.610. The van der Waals surface area contributed by atoms with Gasteiger partial charge in [0.25, 0.3) is 0 Å². The summed E-state index contributed by atoms with van der Waals surface area (Å²) in [5, 5.41) is 0. The van der Waals surface area contributed by atoms with Gasteiger partial charge in [0.1, 0.15) is 0 Å². The molecule has 1 aliphatic heterocycles. The van der Waals surface area contributed by atoms with E-state index < -0.39 is 5.41 Å². The van der Waals surface area contributed by atoms with Crippen LogP contribution in [0.2, 0.25) is 0 Å². The van der Waals surface area contributed by atoms with Crippen molar-refractivity contribution < 1.29 is 14.3 Å². The highest BCUT2D eigenvalue weighted by Crippen LogP contribution is 2.30. The van der Waals surface area contributed by atoms with Gasteiger partial charge in [0.15, 0.2) is 0 Å². The number of rotatable bonds is 7. The molecule has 1 saturated heterocycles. The summed E-state index contributed by atoms with van der Waals surface area (Å²) in [5.41, 5.74) is 5.25. The number of ether oxygens (including phenoxy) is 2. The summed E-state index contributed by atoms with van der Waals surface area (Å²) >= 11 is 0. The Bertz CT molecular complexity index is 225. The molecule has 100 valence electrons. The summed E-state index contributed by atoms with van der Waals surface area (Å²) in [7, 11) is 0. The molecule has 1 aliphatic rings. The smallest absolute Gasteiger partial charge is 0.313 e. The quantitative estimate of drug-likeness (QED) is 0.547. The van der Waals surface area contributed by atoms with Gasteiger partial charge in [-0.05, 0) is 19.3 Å². The summed E-state index contributed by atoms with van der Waals surface area (Å²) in [4.78, 5) is 12.0. The molecule has 0 saturated carbocycles. The van der Waals surface area contributed by atoms with Crippen molar-refractivity contribution in [2.75, 3.05) is 26.4 Å². The number of unbranched alkanes of at least 4 members (excludes halogenated alkanes) is 3. The lowest BCUT2D eigenvalue weighted by atomic mass is 9.80. The molecule has 0 bridgehead atoms. The molecule has 0 aliphatic carbocycles. The average molecular weight is 243 g/mol. The predicted octanol–water partition coefficient (Wildman–Crippen LogP) is 1.87. The molecule has 4 nitrogen and oxygen atoms in total.